The summed E-state index contributed by atoms with van der Waals surface area (Å²) in [6, 6.07) is -1.45. The van der Waals surface area contributed by atoms with E-state index in [0.29, 0.717) is 35.8 Å². The van der Waals surface area contributed by atoms with Crippen molar-refractivity contribution in [3.05, 3.63) is 63.7 Å². The predicted molar refractivity (Wildman–Crippen MR) is 277 cm³/mol. The minimum absolute atomic E-state index is 0.0267. The summed E-state index contributed by atoms with van der Waals surface area (Å²) in [5.74, 6) is -10.3. The summed E-state index contributed by atoms with van der Waals surface area (Å²) in [6.45, 7) is 5.89. The number of unbranched alkanes of at least 4 members (excludes halogenated alkanes) is 2. The number of hydrogen-bond acceptors (Lipinski definition) is 20. The number of ketones is 3. The van der Waals surface area contributed by atoms with Crippen molar-refractivity contribution in [2.24, 2.45) is 23.1 Å². The number of Topliss-reactive ketones (excluding diaryl/α,β-unsaturated/α-hetero) is 1. The molecule has 3 saturated heterocycles. The second-order valence-electron chi connectivity index (χ2n) is 21.2. The number of methoxy groups -OCH3 is 1. The Balaban J connectivity index is 1.11. The van der Waals surface area contributed by atoms with Gasteiger partial charge in [-0.3, -0.25) is 57.9 Å². The van der Waals surface area contributed by atoms with E-state index in [1.165, 1.54) is 37.5 Å². The summed E-state index contributed by atoms with van der Waals surface area (Å²) >= 11 is 0. The number of nitrogens with zero attached hydrogens (tertiary/aromatic N) is 4. The molecule has 0 saturated carbocycles. The van der Waals surface area contributed by atoms with Crippen LogP contribution < -0.4 is 27.4 Å². The minimum Gasteiger partial charge on any atom is -0.507 e. The van der Waals surface area contributed by atoms with Gasteiger partial charge in [0.2, 0.25) is 17.6 Å². The molecule has 3 fully saturated rings. The highest BCUT2D eigenvalue weighted by Gasteiger charge is 2.55. The van der Waals surface area contributed by atoms with Crippen molar-refractivity contribution >= 4 is 64.5 Å². The van der Waals surface area contributed by atoms with Crippen LogP contribution in [0.4, 0.5) is 10.5 Å². The van der Waals surface area contributed by atoms with Gasteiger partial charge in [-0.2, -0.15) is 0 Å². The number of phenolic OH excluding ortho intramolecular Hbond substituents is 2. The second-order valence-corrected chi connectivity index (χ2v) is 21.2. The van der Waals surface area contributed by atoms with Crippen LogP contribution in [-0.4, -0.2) is 183 Å². The van der Waals surface area contributed by atoms with Gasteiger partial charge in [-0.25, -0.2) is 4.79 Å². The van der Waals surface area contributed by atoms with Gasteiger partial charge in [-0.1, -0.05) is 32.4 Å². The predicted octanol–water partition coefficient (Wildman–Crippen LogP) is 0.190. The van der Waals surface area contributed by atoms with Crippen molar-refractivity contribution in [1.29, 1.82) is 0 Å². The lowest BCUT2D eigenvalue weighted by atomic mass is 9.72. The van der Waals surface area contributed by atoms with Crippen LogP contribution in [0.1, 0.15) is 128 Å². The maximum Gasteiger partial charge on any atom is 0.322 e. The van der Waals surface area contributed by atoms with Gasteiger partial charge in [-0.15, -0.1) is 0 Å². The number of phenols is 2. The molecule has 2 aliphatic carbocycles. The molecule has 2 aromatic carbocycles. The first-order chi connectivity index (χ1) is 37.9. The molecule has 6 aliphatic rings. The average Bonchev–Trinajstić information content (AvgIpc) is 3.96. The lowest BCUT2D eigenvalue weighted by molar-refractivity contribution is -0.256. The molecule has 80 heavy (non-hydrogen) atoms. The molecule has 8 rings (SSSR count). The van der Waals surface area contributed by atoms with E-state index in [1.54, 1.807) is 20.8 Å². The number of primary amides is 2. The fourth-order valence-corrected chi connectivity index (χ4v) is 11.7. The maximum atomic E-state index is 15.3. The Morgan fingerprint density at radius 2 is 1.62 bits per heavy atom. The number of fused-ring (bicyclic) bond motifs is 6. The van der Waals surface area contributed by atoms with Gasteiger partial charge in [0.15, 0.2) is 30.4 Å². The fourth-order valence-electron chi connectivity index (χ4n) is 11.7. The number of amides is 8. The van der Waals surface area contributed by atoms with E-state index >= 15 is 9.59 Å². The highest BCUT2D eigenvalue weighted by Crippen LogP contribution is 2.53. The van der Waals surface area contributed by atoms with Gasteiger partial charge >= 0.3 is 6.03 Å². The van der Waals surface area contributed by atoms with Crippen molar-refractivity contribution in [1.82, 2.24) is 20.0 Å². The number of hydrogen-bond donors (Lipinski definition) is 7. The lowest BCUT2D eigenvalue weighted by Crippen LogP contribution is -2.61. The molecule has 432 valence electrons. The quantitative estimate of drug-likeness (QED) is 0.0425. The van der Waals surface area contributed by atoms with E-state index < -0.39 is 178 Å². The van der Waals surface area contributed by atoms with Crippen molar-refractivity contribution in [2.75, 3.05) is 44.8 Å². The number of anilines is 1. The highest BCUT2D eigenvalue weighted by atomic mass is 16.7. The number of carbonyl (C=O) groups is 10. The Kier molecular flexibility index (Phi) is 17.7. The molecule has 26 heteroatoms. The van der Waals surface area contributed by atoms with Gasteiger partial charge in [0, 0.05) is 80.8 Å². The van der Waals surface area contributed by atoms with Crippen LogP contribution in [0.25, 0.3) is 0 Å². The van der Waals surface area contributed by atoms with Crippen molar-refractivity contribution in [2.45, 2.75) is 146 Å². The molecule has 4 aliphatic heterocycles. The molecule has 0 radical (unpaired) electrons. The standard InChI is InChI=1S/C54H68N8O18/c1-25(2)43(58-35(65)14-7-6-8-18-60-36(66)15-16-37(60)67)50(73)62(53(57)74)31(13-10-17-55)49(72)61(24-34(56)64)30-12-9-11-28-39(30)46(70)42-41(44(28)68)45(69)29-22-54(75,27(4)63)23-33(40(29)47(42)71)79-38-21-32-48(26(3)78-38)80-51-52(76-5)77-20-19-59(32)51/h9,11-12,15-16,25-26,31-33,38,43,48,51-52,69,71,75H,6-8,10,13-14,17-24,55H2,1-5H3,(H2,56,64)(H2,57,74)(H,58,65)/t26-,31-,32-,33-,38-,43-,48+,51+,52-,54-/m0/s1. The van der Waals surface area contributed by atoms with Gasteiger partial charge in [0.05, 0.1) is 41.2 Å². The van der Waals surface area contributed by atoms with Gasteiger partial charge < -0.3 is 66.4 Å². The zero-order valence-electron chi connectivity index (χ0n) is 45.0. The maximum absolute atomic E-state index is 15.3. The Bertz CT molecular complexity index is 2890. The smallest absolute Gasteiger partial charge is 0.322 e. The summed E-state index contributed by atoms with van der Waals surface area (Å²) < 4.78 is 30.4. The van der Waals surface area contributed by atoms with Gasteiger partial charge in [0.1, 0.15) is 41.8 Å². The highest BCUT2D eigenvalue weighted by molar-refractivity contribution is 6.33. The largest absolute Gasteiger partial charge is 0.507 e. The number of aromatic hydroxyl groups is 2. The van der Waals surface area contributed by atoms with E-state index in [0.717, 1.165) is 11.8 Å². The van der Waals surface area contributed by atoms with Crippen LogP contribution in [0.2, 0.25) is 0 Å². The third kappa shape index (κ3) is 11.2. The molecule has 26 nitrogen and oxygen atoms in total. The van der Waals surface area contributed by atoms with Crippen LogP contribution in [0.5, 0.6) is 11.5 Å². The number of nitrogens with one attached hydrogen (secondary N) is 1. The number of nitrogens with two attached hydrogens (primary N) is 3. The van der Waals surface area contributed by atoms with Crippen molar-refractivity contribution in [3.63, 3.8) is 0 Å². The van der Waals surface area contributed by atoms with Crippen molar-refractivity contribution < 1.29 is 86.9 Å². The molecular formula is C54H68N8O18. The first kappa shape index (κ1) is 59.1. The lowest BCUT2D eigenvalue weighted by Gasteiger charge is -2.43. The monoisotopic (exact) mass is 1120 g/mol. The number of benzene rings is 2. The third-order valence-corrected chi connectivity index (χ3v) is 15.7. The summed E-state index contributed by atoms with van der Waals surface area (Å²) in [6.07, 6.45) is -2.85. The Labute approximate surface area is 459 Å². The van der Waals surface area contributed by atoms with E-state index in [2.05, 4.69) is 10.2 Å². The average molecular weight is 1120 g/mol. The van der Waals surface area contributed by atoms with Crippen LogP contribution in [0, 0.1) is 5.92 Å². The number of urea groups is 1. The molecule has 0 unspecified atom stereocenters. The first-order valence-electron chi connectivity index (χ1n) is 26.6. The Morgan fingerprint density at radius 1 is 0.925 bits per heavy atom. The topological polar surface area (TPSA) is 381 Å². The van der Waals surface area contributed by atoms with E-state index in [9.17, 15) is 53.7 Å². The zero-order chi connectivity index (χ0) is 58.2. The summed E-state index contributed by atoms with van der Waals surface area (Å²) in [5, 5.41) is 39.1. The van der Waals surface area contributed by atoms with Crippen molar-refractivity contribution in [3.8, 4) is 11.5 Å². The minimum atomic E-state index is -2.21. The first-order valence-corrected chi connectivity index (χ1v) is 26.6. The number of ether oxygens (including phenoxy) is 5. The number of imide groups is 2. The van der Waals surface area contributed by atoms with E-state index in [4.69, 9.17) is 40.9 Å². The molecule has 4 heterocycles. The van der Waals surface area contributed by atoms with Crippen LogP contribution >= 0.6 is 0 Å². The molecular weight excluding hydrogens is 1050 g/mol. The summed E-state index contributed by atoms with van der Waals surface area (Å²) in [5.41, 5.74) is 11.9. The second kappa shape index (κ2) is 24.0. The van der Waals surface area contributed by atoms with Gasteiger partial charge in [0.25, 0.3) is 23.6 Å². The molecule has 0 spiro atoms. The summed E-state index contributed by atoms with van der Waals surface area (Å²) in [7, 11) is 1.50. The molecule has 0 bridgehead atoms. The molecule has 8 amide bonds. The number of aliphatic hydroxyl groups is 1. The molecule has 0 aromatic heterocycles. The molecule has 10 atom stereocenters. The SMILES string of the molecule is CO[C@H]1OCCN2[C@@H]1O[C@@H]1[C@H](C)O[C@@H](O[C@H]3C[C@](O)(C(C)=O)Cc4c(O)c5c(c(O)c43)C(=O)c3c(cccc3N(CC(N)=O)C(=O)[C@H](CCCN)N(C(N)=O)C(=O)[C@@H](NC(=O)CCCCCN3C(=O)C=CC3=O)C(C)C)C5=O)C[C@@H]12. The third-order valence-electron chi connectivity index (χ3n) is 15.7. The van der Waals surface area contributed by atoms with Crippen LogP contribution in [0.3, 0.4) is 0 Å². The Hall–Kier alpha value is -7.04. The van der Waals surface area contributed by atoms with Crippen LogP contribution in [0.15, 0.2) is 30.4 Å². The molecule has 2 aromatic rings. The van der Waals surface area contributed by atoms with Crippen LogP contribution in [-0.2, 0) is 63.7 Å². The number of carbonyl (C=O) groups excluding carboxylic acids is 10. The van der Waals surface area contributed by atoms with E-state index in [-0.39, 0.29) is 62.4 Å². The number of morpholine rings is 1. The summed E-state index contributed by atoms with van der Waals surface area (Å²) in [4.78, 5) is 141. The zero-order valence-corrected chi connectivity index (χ0v) is 45.0. The van der Waals surface area contributed by atoms with E-state index in [1.807, 2.05) is 0 Å². The normalized spacial score (nSPS) is 25.8. The fraction of sp³-hybridized carbons (Fsp3) is 0.556. The molecule has 10 N–H and O–H groups in total. The number of rotatable bonds is 21. The van der Waals surface area contributed by atoms with Gasteiger partial charge in [-0.05, 0) is 58.1 Å². The Morgan fingerprint density at radius 3 is 2.26 bits per heavy atom.